The van der Waals surface area contributed by atoms with Gasteiger partial charge in [-0.25, -0.2) is 0 Å². The minimum absolute atomic E-state index is 0.152. The summed E-state index contributed by atoms with van der Waals surface area (Å²) < 4.78 is 0. The van der Waals surface area contributed by atoms with E-state index in [0.29, 0.717) is 17.2 Å². The number of benzene rings is 1. The third kappa shape index (κ3) is 3.86. The Hall–Kier alpha value is -1.39. The highest BCUT2D eigenvalue weighted by Crippen LogP contribution is 2.51. The Labute approximate surface area is 170 Å². The van der Waals surface area contributed by atoms with Crippen molar-refractivity contribution in [2.24, 2.45) is 11.3 Å². The largest absolute Gasteiger partial charge is 0.342 e. The van der Waals surface area contributed by atoms with Crippen LogP contribution in [0.5, 0.6) is 0 Å². The zero-order valence-electron chi connectivity index (χ0n) is 17.8. The number of piperidine rings is 1. The van der Waals surface area contributed by atoms with Crippen LogP contribution >= 0.6 is 0 Å². The molecule has 2 saturated heterocycles. The van der Waals surface area contributed by atoms with Crippen molar-refractivity contribution in [3.63, 3.8) is 0 Å². The number of likely N-dealkylation sites (tertiary alicyclic amines) is 1. The van der Waals surface area contributed by atoms with E-state index in [0.717, 1.165) is 45.4 Å². The quantitative estimate of drug-likeness (QED) is 0.862. The molecule has 1 aromatic carbocycles. The van der Waals surface area contributed by atoms with Gasteiger partial charge in [0.05, 0.1) is 0 Å². The highest BCUT2D eigenvalue weighted by molar-refractivity contribution is 5.76. The van der Waals surface area contributed by atoms with Gasteiger partial charge in [0.25, 0.3) is 0 Å². The lowest BCUT2D eigenvalue weighted by molar-refractivity contribution is -0.132. The average molecular weight is 384 g/mol. The molecule has 0 atom stereocenters. The summed E-state index contributed by atoms with van der Waals surface area (Å²) in [5, 5.41) is 3.41. The molecule has 0 radical (unpaired) electrons. The summed E-state index contributed by atoms with van der Waals surface area (Å²) in [7, 11) is 4.46. The smallest absolute Gasteiger partial charge is 0.222 e. The molecule has 1 N–H and O–H groups in total. The van der Waals surface area contributed by atoms with E-state index < -0.39 is 0 Å². The first-order chi connectivity index (χ1) is 13.5. The van der Waals surface area contributed by atoms with Gasteiger partial charge in [-0.3, -0.25) is 9.69 Å². The van der Waals surface area contributed by atoms with Gasteiger partial charge in [-0.05, 0) is 89.0 Å². The Balaban J connectivity index is 1.38. The highest BCUT2D eigenvalue weighted by atomic mass is 16.2. The molecule has 1 aliphatic carbocycles. The van der Waals surface area contributed by atoms with E-state index in [2.05, 4.69) is 59.5 Å². The predicted molar refractivity (Wildman–Crippen MR) is 114 cm³/mol. The maximum Gasteiger partial charge on any atom is 0.222 e. The van der Waals surface area contributed by atoms with Crippen LogP contribution in [0.4, 0.5) is 0 Å². The van der Waals surface area contributed by atoms with E-state index in [1.807, 2.05) is 0 Å². The van der Waals surface area contributed by atoms with Crippen molar-refractivity contribution in [1.29, 1.82) is 0 Å². The topological polar surface area (TPSA) is 35.6 Å². The molecule has 2 heterocycles. The van der Waals surface area contributed by atoms with Crippen molar-refractivity contribution in [1.82, 2.24) is 15.1 Å². The van der Waals surface area contributed by atoms with Gasteiger partial charge in [0, 0.05) is 25.0 Å². The molecule has 0 bridgehead atoms. The molecule has 1 aromatic rings. The maximum atomic E-state index is 12.9. The summed E-state index contributed by atoms with van der Waals surface area (Å²) in [6.45, 7) is 4.13. The van der Waals surface area contributed by atoms with Crippen molar-refractivity contribution < 1.29 is 4.79 Å². The summed E-state index contributed by atoms with van der Waals surface area (Å²) in [5.74, 6) is 1.01. The fraction of sp³-hybridized carbons (Fsp3) is 0.708. The molecule has 4 nitrogen and oxygen atoms in total. The number of carbonyl (C=O) groups excluding carboxylic acids is 1. The van der Waals surface area contributed by atoms with Crippen molar-refractivity contribution in [2.75, 3.05) is 40.3 Å². The number of carbonyl (C=O) groups is 1. The van der Waals surface area contributed by atoms with Gasteiger partial charge in [0.2, 0.25) is 5.91 Å². The Bertz CT molecular complexity index is 658. The molecular weight excluding hydrogens is 346 g/mol. The molecule has 1 amide bonds. The normalized spacial score (nSPS) is 31.6. The third-order valence-electron chi connectivity index (χ3n) is 8.02. The molecule has 3 fully saturated rings. The molecule has 154 valence electrons. The van der Waals surface area contributed by atoms with Crippen LogP contribution in [0, 0.1) is 11.3 Å². The fourth-order valence-corrected chi connectivity index (χ4v) is 5.95. The van der Waals surface area contributed by atoms with Crippen LogP contribution in [0.15, 0.2) is 30.3 Å². The van der Waals surface area contributed by atoms with Gasteiger partial charge in [0.1, 0.15) is 0 Å². The summed E-state index contributed by atoms with van der Waals surface area (Å²) in [4.78, 5) is 17.5. The van der Waals surface area contributed by atoms with E-state index in [1.54, 1.807) is 0 Å². The number of amides is 1. The second kappa shape index (κ2) is 8.16. The van der Waals surface area contributed by atoms with Gasteiger partial charge < -0.3 is 10.2 Å². The lowest BCUT2D eigenvalue weighted by Crippen LogP contribution is -2.47. The number of nitrogens with one attached hydrogen (secondary N) is 1. The highest BCUT2D eigenvalue weighted by Gasteiger charge is 2.48. The molecular formula is C24H37N3O. The van der Waals surface area contributed by atoms with Crippen LogP contribution in [-0.2, 0) is 10.3 Å². The minimum Gasteiger partial charge on any atom is -0.342 e. The second-order valence-electron chi connectivity index (χ2n) is 9.75. The molecule has 0 unspecified atom stereocenters. The minimum atomic E-state index is 0.152. The molecule has 1 spiro atoms. The van der Waals surface area contributed by atoms with Crippen molar-refractivity contribution in [2.45, 2.75) is 56.9 Å². The summed E-state index contributed by atoms with van der Waals surface area (Å²) in [6, 6.07) is 11.0. The SMILES string of the molecule is CN(C)C1(c2ccccc2)CCC2(CCN(C(=O)CC3CCNCC3)C2)CC1. The van der Waals surface area contributed by atoms with Gasteiger partial charge in [-0.15, -0.1) is 0 Å². The van der Waals surface area contributed by atoms with Gasteiger partial charge in [-0.2, -0.15) is 0 Å². The maximum absolute atomic E-state index is 12.9. The molecule has 28 heavy (non-hydrogen) atoms. The van der Waals surface area contributed by atoms with Crippen LogP contribution in [-0.4, -0.2) is 56.0 Å². The Kier molecular flexibility index (Phi) is 5.80. The molecule has 3 aliphatic rings. The first-order valence-electron chi connectivity index (χ1n) is 11.2. The summed E-state index contributed by atoms with van der Waals surface area (Å²) in [6.07, 6.45) is 9.14. The van der Waals surface area contributed by atoms with E-state index in [9.17, 15) is 4.79 Å². The second-order valence-corrected chi connectivity index (χ2v) is 9.75. The van der Waals surface area contributed by atoms with E-state index in [1.165, 1.54) is 37.7 Å². The van der Waals surface area contributed by atoms with Crippen molar-refractivity contribution in [3.05, 3.63) is 35.9 Å². The van der Waals surface area contributed by atoms with Crippen LogP contribution in [0.3, 0.4) is 0 Å². The molecule has 4 heteroatoms. The fourth-order valence-electron chi connectivity index (χ4n) is 5.95. The number of hydrogen-bond acceptors (Lipinski definition) is 3. The van der Waals surface area contributed by atoms with Crippen LogP contribution in [0.1, 0.15) is 56.9 Å². The molecule has 1 saturated carbocycles. The predicted octanol–water partition coefficient (Wildman–Crippen LogP) is 3.63. The van der Waals surface area contributed by atoms with Gasteiger partial charge in [-0.1, -0.05) is 30.3 Å². The lowest BCUT2D eigenvalue weighted by Gasteiger charge is -2.49. The lowest BCUT2D eigenvalue weighted by atomic mass is 9.64. The first-order valence-corrected chi connectivity index (χ1v) is 11.2. The number of rotatable bonds is 4. The van der Waals surface area contributed by atoms with Gasteiger partial charge in [0.15, 0.2) is 0 Å². The van der Waals surface area contributed by atoms with Crippen LogP contribution < -0.4 is 5.32 Å². The van der Waals surface area contributed by atoms with Crippen LogP contribution in [0.25, 0.3) is 0 Å². The Morgan fingerprint density at radius 3 is 2.39 bits per heavy atom. The standard InChI is InChI=1S/C24H37N3O/c1-26(2)24(21-6-4-3-5-7-21)12-10-23(11-13-24)14-17-27(19-23)22(28)18-20-8-15-25-16-9-20/h3-7,20,25H,8-19H2,1-2H3. The van der Waals surface area contributed by atoms with Crippen molar-refractivity contribution in [3.8, 4) is 0 Å². The molecule has 4 rings (SSSR count). The summed E-state index contributed by atoms with van der Waals surface area (Å²) >= 11 is 0. The van der Waals surface area contributed by atoms with E-state index in [4.69, 9.17) is 0 Å². The Morgan fingerprint density at radius 1 is 1.07 bits per heavy atom. The van der Waals surface area contributed by atoms with Crippen molar-refractivity contribution >= 4 is 5.91 Å². The zero-order valence-corrected chi connectivity index (χ0v) is 17.8. The number of hydrogen-bond donors (Lipinski definition) is 1. The van der Waals surface area contributed by atoms with Crippen LogP contribution in [0.2, 0.25) is 0 Å². The average Bonchev–Trinajstić information content (AvgIpc) is 3.14. The van der Waals surface area contributed by atoms with Gasteiger partial charge >= 0.3 is 0 Å². The zero-order chi connectivity index (χ0) is 19.6. The first kappa shape index (κ1) is 19.9. The molecule has 0 aromatic heterocycles. The third-order valence-corrected chi connectivity index (χ3v) is 8.02. The Morgan fingerprint density at radius 2 is 1.75 bits per heavy atom. The monoisotopic (exact) mass is 383 g/mol. The van der Waals surface area contributed by atoms with E-state index in [-0.39, 0.29) is 5.54 Å². The molecule has 2 aliphatic heterocycles. The summed E-state index contributed by atoms with van der Waals surface area (Å²) in [5.41, 5.74) is 1.96. The van der Waals surface area contributed by atoms with E-state index >= 15 is 0 Å². The number of nitrogens with zero attached hydrogens (tertiary/aromatic N) is 2.